The lowest BCUT2D eigenvalue weighted by atomic mass is 10.2. The summed E-state index contributed by atoms with van der Waals surface area (Å²) in [6, 6.07) is 10.3. The summed E-state index contributed by atoms with van der Waals surface area (Å²) in [7, 11) is 1.86. The van der Waals surface area contributed by atoms with Gasteiger partial charge in [0, 0.05) is 19.3 Å². The first-order chi connectivity index (χ1) is 9.86. The summed E-state index contributed by atoms with van der Waals surface area (Å²) >= 11 is 1.68. The van der Waals surface area contributed by atoms with E-state index in [-0.39, 0.29) is 0 Å². The van der Waals surface area contributed by atoms with Crippen molar-refractivity contribution < 1.29 is 0 Å². The molecule has 2 rings (SSSR count). The summed E-state index contributed by atoms with van der Waals surface area (Å²) in [6.07, 6.45) is 5.37. The van der Waals surface area contributed by atoms with Gasteiger partial charge >= 0.3 is 0 Å². The zero-order valence-electron chi connectivity index (χ0n) is 11.6. The Hall–Kier alpha value is -1.66. The zero-order valence-corrected chi connectivity index (χ0v) is 12.4. The van der Waals surface area contributed by atoms with Gasteiger partial charge in [0.05, 0.1) is 0 Å². The Kier molecular flexibility index (Phi) is 6.26. The van der Waals surface area contributed by atoms with E-state index in [1.165, 1.54) is 5.56 Å². The molecule has 106 valence electrons. The van der Waals surface area contributed by atoms with Crippen molar-refractivity contribution in [2.24, 2.45) is 7.05 Å². The lowest BCUT2D eigenvalue weighted by Crippen LogP contribution is -2.15. The van der Waals surface area contributed by atoms with Crippen LogP contribution in [-0.2, 0) is 7.05 Å². The van der Waals surface area contributed by atoms with Gasteiger partial charge in [-0.05, 0) is 29.0 Å². The molecule has 0 aliphatic rings. The Morgan fingerprint density at radius 2 is 2.15 bits per heavy atom. The van der Waals surface area contributed by atoms with Gasteiger partial charge in [0.2, 0.25) is 5.16 Å². The first-order valence-electron chi connectivity index (χ1n) is 6.64. The fourth-order valence-electron chi connectivity index (χ4n) is 1.65. The summed E-state index contributed by atoms with van der Waals surface area (Å²) in [5.41, 5.74) is 1.24. The van der Waals surface area contributed by atoms with Crippen LogP contribution < -0.4 is 5.32 Å². The van der Waals surface area contributed by atoms with Gasteiger partial charge in [-0.1, -0.05) is 54.2 Å². The predicted octanol–water partition coefficient (Wildman–Crippen LogP) is 2.00. The van der Waals surface area contributed by atoms with Crippen molar-refractivity contribution in [2.45, 2.75) is 11.6 Å². The third-order valence-corrected chi connectivity index (χ3v) is 3.78. The topological polar surface area (TPSA) is 55.6 Å². The van der Waals surface area contributed by atoms with Gasteiger partial charge in [-0.2, -0.15) is 0 Å². The first kappa shape index (κ1) is 14.7. The van der Waals surface area contributed by atoms with Gasteiger partial charge in [-0.3, -0.25) is 0 Å². The number of rotatable bonds is 8. The number of hydrogen-bond donors (Lipinski definition) is 1. The smallest absolute Gasteiger partial charge is 0.209 e. The van der Waals surface area contributed by atoms with E-state index in [2.05, 4.69) is 45.1 Å². The monoisotopic (exact) mass is 289 g/mol. The third kappa shape index (κ3) is 5.14. The van der Waals surface area contributed by atoms with Gasteiger partial charge in [0.25, 0.3) is 0 Å². The first-order valence-corrected chi connectivity index (χ1v) is 7.62. The number of thioether (sulfide) groups is 1. The molecule has 0 saturated carbocycles. The summed E-state index contributed by atoms with van der Waals surface area (Å²) in [5.74, 6) is 1.02. The molecule has 0 radical (unpaired) electrons. The van der Waals surface area contributed by atoms with E-state index in [9.17, 15) is 0 Å². The average Bonchev–Trinajstić information content (AvgIpc) is 2.88. The number of nitrogens with one attached hydrogen (secondary N) is 1. The van der Waals surface area contributed by atoms with Crippen LogP contribution in [0.2, 0.25) is 0 Å². The van der Waals surface area contributed by atoms with Crippen LogP contribution in [0.25, 0.3) is 6.08 Å². The Bertz CT molecular complexity index is 523. The number of nitrogens with zero attached hydrogens (tertiary/aromatic N) is 4. The van der Waals surface area contributed by atoms with E-state index in [0.717, 1.165) is 30.4 Å². The summed E-state index contributed by atoms with van der Waals surface area (Å²) < 4.78 is 1.70. The highest BCUT2D eigenvalue weighted by atomic mass is 32.2. The zero-order chi connectivity index (χ0) is 14.0. The number of aryl methyl sites for hydroxylation is 1. The molecule has 0 amide bonds. The third-order valence-electron chi connectivity index (χ3n) is 2.68. The molecule has 0 spiro atoms. The summed E-state index contributed by atoms with van der Waals surface area (Å²) in [6.45, 7) is 1.89. The van der Waals surface area contributed by atoms with Crippen molar-refractivity contribution in [3.05, 3.63) is 42.0 Å². The molecule has 1 aromatic carbocycles. The van der Waals surface area contributed by atoms with E-state index in [1.807, 2.05) is 25.2 Å². The molecule has 1 heterocycles. The maximum absolute atomic E-state index is 3.93. The molecule has 2 aromatic rings. The van der Waals surface area contributed by atoms with Crippen molar-refractivity contribution in [3.8, 4) is 0 Å². The predicted molar refractivity (Wildman–Crippen MR) is 82.5 cm³/mol. The van der Waals surface area contributed by atoms with E-state index in [0.29, 0.717) is 0 Å². The van der Waals surface area contributed by atoms with Crippen molar-refractivity contribution in [3.63, 3.8) is 0 Å². The maximum atomic E-state index is 3.93. The van der Waals surface area contributed by atoms with Crippen LogP contribution in [0.15, 0.2) is 41.6 Å². The van der Waals surface area contributed by atoms with Crippen LogP contribution in [0.5, 0.6) is 0 Å². The van der Waals surface area contributed by atoms with Crippen molar-refractivity contribution in [2.75, 3.05) is 18.8 Å². The molecule has 0 unspecified atom stereocenters. The highest BCUT2D eigenvalue weighted by Crippen LogP contribution is 2.12. The lowest BCUT2D eigenvalue weighted by molar-refractivity contribution is 0.663. The molecule has 0 aliphatic heterocycles. The van der Waals surface area contributed by atoms with Gasteiger partial charge in [0.15, 0.2) is 0 Å². The highest BCUT2D eigenvalue weighted by Gasteiger charge is 2.01. The minimum atomic E-state index is 0.869. The average molecular weight is 289 g/mol. The molecule has 0 fully saturated rings. The number of aromatic nitrogens is 4. The second-order valence-corrected chi connectivity index (χ2v) is 5.37. The van der Waals surface area contributed by atoms with E-state index >= 15 is 0 Å². The number of hydrogen-bond acceptors (Lipinski definition) is 5. The molecule has 0 saturated heterocycles. The van der Waals surface area contributed by atoms with Crippen LogP contribution in [0.4, 0.5) is 0 Å². The van der Waals surface area contributed by atoms with Crippen LogP contribution in [0.3, 0.4) is 0 Å². The quantitative estimate of drug-likeness (QED) is 0.595. The van der Waals surface area contributed by atoms with Gasteiger partial charge in [-0.15, -0.1) is 5.10 Å². The fourth-order valence-corrected chi connectivity index (χ4v) is 2.44. The van der Waals surface area contributed by atoms with Gasteiger partial charge in [0.1, 0.15) is 0 Å². The molecular formula is C14H19N5S. The van der Waals surface area contributed by atoms with Gasteiger partial charge < -0.3 is 5.32 Å². The van der Waals surface area contributed by atoms with E-state index in [1.54, 1.807) is 16.4 Å². The number of benzene rings is 1. The van der Waals surface area contributed by atoms with E-state index in [4.69, 9.17) is 0 Å². The summed E-state index contributed by atoms with van der Waals surface area (Å²) in [5, 5.41) is 15.6. The molecule has 0 bridgehead atoms. The molecule has 6 heteroatoms. The maximum Gasteiger partial charge on any atom is 0.209 e. The van der Waals surface area contributed by atoms with Crippen molar-refractivity contribution in [1.82, 2.24) is 25.5 Å². The molecule has 0 atom stereocenters. The largest absolute Gasteiger partial charge is 0.313 e. The fraction of sp³-hybridized carbons (Fsp3) is 0.357. The molecule has 5 nitrogen and oxygen atoms in total. The van der Waals surface area contributed by atoms with Crippen molar-refractivity contribution >= 4 is 17.8 Å². The Morgan fingerprint density at radius 1 is 1.30 bits per heavy atom. The Morgan fingerprint density at radius 3 is 2.90 bits per heavy atom. The van der Waals surface area contributed by atoms with Crippen LogP contribution in [0, 0.1) is 0 Å². The minimum Gasteiger partial charge on any atom is -0.313 e. The Labute approximate surface area is 123 Å². The SMILES string of the molecule is Cn1nnnc1SCCCNC/C=C\c1ccccc1. The van der Waals surface area contributed by atoms with E-state index < -0.39 is 0 Å². The van der Waals surface area contributed by atoms with Crippen LogP contribution in [0.1, 0.15) is 12.0 Å². The summed E-state index contributed by atoms with van der Waals surface area (Å²) in [4.78, 5) is 0. The molecule has 1 aromatic heterocycles. The molecule has 20 heavy (non-hydrogen) atoms. The highest BCUT2D eigenvalue weighted by molar-refractivity contribution is 7.99. The standard InChI is InChI=1S/C14H19N5S/c1-19-14(16-17-18-19)20-12-6-11-15-10-5-9-13-7-3-2-4-8-13/h2-5,7-9,15H,6,10-12H2,1H3/b9-5-. The second kappa shape index (κ2) is 8.50. The molecule has 0 aliphatic carbocycles. The second-order valence-electron chi connectivity index (χ2n) is 4.30. The van der Waals surface area contributed by atoms with Crippen molar-refractivity contribution in [1.29, 1.82) is 0 Å². The lowest BCUT2D eigenvalue weighted by Gasteiger charge is -2.01. The van der Waals surface area contributed by atoms with Crippen LogP contribution in [-0.4, -0.2) is 39.0 Å². The molecular weight excluding hydrogens is 270 g/mol. The normalized spacial score (nSPS) is 11.2. The number of tetrazole rings is 1. The molecule has 1 N–H and O–H groups in total. The Balaban J connectivity index is 1.52. The minimum absolute atomic E-state index is 0.869. The van der Waals surface area contributed by atoms with Crippen LogP contribution >= 0.6 is 11.8 Å². The van der Waals surface area contributed by atoms with Gasteiger partial charge in [-0.25, -0.2) is 4.68 Å².